The van der Waals surface area contributed by atoms with E-state index in [-0.39, 0.29) is 33.9 Å². The van der Waals surface area contributed by atoms with Crippen molar-refractivity contribution in [3.8, 4) is 0 Å². The van der Waals surface area contributed by atoms with E-state index in [1.807, 2.05) is 0 Å². The van der Waals surface area contributed by atoms with Gasteiger partial charge in [0, 0.05) is 17.8 Å². The molecule has 154 valence electrons. The molecule has 0 aliphatic carbocycles. The first-order valence-electron chi connectivity index (χ1n) is 8.15. The molecule has 1 heterocycles. The van der Waals surface area contributed by atoms with E-state index in [9.17, 15) is 35.1 Å². The molecule has 0 aromatic heterocycles. The number of esters is 1. The van der Waals surface area contributed by atoms with Gasteiger partial charge in [-0.15, -0.1) is 10.1 Å². The topological polar surface area (TPSA) is 177 Å². The fourth-order valence-electron chi connectivity index (χ4n) is 2.96. The van der Waals surface area contributed by atoms with Gasteiger partial charge in [0.15, 0.2) is 0 Å². The predicted octanol–water partition coefficient (Wildman–Crippen LogP) is 1.82. The second kappa shape index (κ2) is 8.77. The van der Waals surface area contributed by atoms with Crippen molar-refractivity contribution in [1.29, 1.82) is 0 Å². The summed E-state index contributed by atoms with van der Waals surface area (Å²) in [5.41, 5.74) is -0.235. The largest absolute Gasteiger partial charge is 0.460 e. The monoisotopic (exact) mass is 408 g/mol. The number of benzene rings is 1. The van der Waals surface area contributed by atoms with Gasteiger partial charge in [0.1, 0.15) is 19.1 Å². The SMILES string of the molecule is CC1=C(C(=O)OCCO[N+](=O)[O-])[C@H](c2cccc([N+](=O)[O-])c2)C([N+](=O)[O-])=C(C)N1. The molecule has 0 spiro atoms. The highest BCUT2D eigenvalue weighted by Crippen LogP contribution is 2.39. The first kappa shape index (κ1) is 21.3. The summed E-state index contributed by atoms with van der Waals surface area (Å²) in [6.07, 6.45) is 0. The molecule has 0 bridgehead atoms. The summed E-state index contributed by atoms with van der Waals surface area (Å²) in [7, 11) is 0. The number of ether oxygens (including phenoxy) is 1. The molecule has 1 aliphatic rings. The summed E-state index contributed by atoms with van der Waals surface area (Å²) >= 11 is 0. The number of non-ortho nitro benzene ring substituents is 1. The van der Waals surface area contributed by atoms with Crippen LogP contribution >= 0.6 is 0 Å². The standard InChI is InChI=1S/C16H16N4O9/c1-9-13(16(21)28-6-7-29-20(26)27)14(15(19(24)25)10(2)17-9)11-4-3-5-12(8-11)18(22)23/h3-5,8,14,17H,6-7H2,1-2H3/t14-/m0/s1. The van der Waals surface area contributed by atoms with Gasteiger partial charge in [0.05, 0.1) is 21.1 Å². The summed E-state index contributed by atoms with van der Waals surface area (Å²) in [6.45, 7) is 1.96. The van der Waals surface area contributed by atoms with Crippen LogP contribution in [0.3, 0.4) is 0 Å². The van der Waals surface area contributed by atoms with Crippen molar-refractivity contribution in [3.63, 3.8) is 0 Å². The number of carbonyl (C=O) groups excluding carboxylic acids is 1. The van der Waals surface area contributed by atoms with Crippen LogP contribution in [0.15, 0.2) is 46.9 Å². The summed E-state index contributed by atoms with van der Waals surface area (Å²) in [5, 5.41) is 34.6. The van der Waals surface area contributed by atoms with E-state index < -0.39 is 40.0 Å². The predicted molar refractivity (Wildman–Crippen MR) is 95.3 cm³/mol. The molecule has 0 amide bonds. The summed E-state index contributed by atoms with van der Waals surface area (Å²) < 4.78 is 4.95. The molecule has 0 saturated heterocycles. The minimum atomic E-state index is -1.24. The van der Waals surface area contributed by atoms with Crippen LogP contribution in [0.5, 0.6) is 0 Å². The van der Waals surface area contributed by atoms with Crippen LogP contribution in [0.2, 0.25) is 0 Å². The number of nitro groups is 2. The zero-order chi connectivity index (χ0) is 21.7. The lowest BCUT2D eigenvalue weighted by molar-refractivity contribution is -0.757. The average Bonchev–Trinajstić information content (AvgIpc) is 2.64. The number of hydrogen-bond donors (Lipinski definition) is 1. The molecule has 0 radical (unpaired) electrons. The Morgan fingerprint density at radius 2 is 1.76 bits per heavy atom. The Labute approximate surface area is 163 Å². The molecule has 0 fully saturated rings. The summed E-state index contributed by atoms with van der Waals surface area (Å²) in [4.78, 5) is 48.3. The Hall–Kier alpha value is -4.03. The van der Waals surface area contributed by atoms with Crippen molar-refractivity contribution in [2.24, 2.45) is 0 Å². The minimum Gasteiger partial charge on any atom is -0.460 e. The van der Waals surface area contributed by atoms with Crippen molar-refractivity contribution in [2.75, 3.05) is 13.2 Å². The highest BCUT2D eigenvalue weighted by atomic mass is 17.0. The Morgan fingerprint density at radius 3 is 2.34 bits per heavy atom. The molecule has 1 atom stereocenters. The van der Waals surface area contributed by atoms with Crippen LogP contribution in [0.1, 0.15) is 25.3 Å². The smallest absolute Gasteiger partial charge is 0.337 e. The Morgan fingerprint density at radius 1 is 1.07 bits per heavy atom. The lowest BCUT2D eigenvalue weighted by atomic mass is 9.84. The van der Waals surface area contributed by atoms with Crippen molar-refractivity contribution in [1.82, 2.24) is 5.32 Å². The Kier molecular flexibility index (Phi) is 6.43. The molecule has 1 aromatic rings. The number of hydrogen-bond acceptors (Lipinski definition) is 10. The number of carbonyl (C=O) groups is 1. The van der Waals surface area contributed by atoms with Crippen molar-refractivity contribution >= 4 is 11.7 Å². The molecular weight excluding hydrogens is 392 g/mol. The summed E-state index contributed by atoms with van der Waals surface area (Å²) in [5.74, 6) is -2.21. The van der Waals surface area contributed by atoms with Gasteiger partial charge in [-0.3, -0.25) is 20.2 Å². The average molecular weight is 408 g/mol. The van der Waals surface area contributed by atoms with Gasteiger partial charge >= 0.3 is 5.97 Å². The van der Waals surface area contributed by atoms with Crippen molar-refractivity contribution in [2.45, 2.75) is 19.8 Å². The van der Waals surface area contributed by atoms with Gasteiger partial charge in [-0.05, 0) is 19.4 Å². The van der Waals surface area contributed by atoms with E-state index in [2.05, 4.69) is 10.2 Å². The number of dihydropyridines is 1. The molecular formula is C16H16N4O9. The molecule has 1 aromatic carbocycles. The van der Waals surface area contributed by atoms with Crippen LogP contribution in [-0.4, -0.2) is 34.1 Å². The fourth-order valence-corrected chi connectivity index (χ4v) is 2.96. The van der Waals surface area contributed by atoms with Crippen LogP contribution in [-0.2, 0) is 14.4 Å². The van der Waals surface area contributed by atoms with Gasteiger partial charge in [-0.25, -0.2) is 4.79 Å². The maximum Gasteiger partial charge on any atom is 0.337 e. The number of nitrogens with one attached hydrogen (secondary N) is 1. The molecule has 2 rings (SSSR count). The summed E-state index contributed by atoms with van der Waals surface area (Å²) in [6, 6.07) is 5.14. The molecule has 1 N–H and O–H groups in total. The van der Waals surface area contributed by atoms with E-state index in [0.717, 1.165) is 6.07 Å². The lowest BCUT2D eigenvalue weighted by Crippen LogP contribution is -2.32. The fraction of sp³-hybridized carbons (Fsp3) is 0.312. The lowest BCUT2D eigenvalue weighted by Gasteiger charge is -2.26. The van der Waals surface area contributed by atoms with E-state index >= 15 is 0 Å². The van der Waals surface area contributed by atoms with Gasteiger partial charge < -0.3 is 14.9 Å². The Balaban J connectivity index is 2.46. The van der Waals surface area contributed by atoms with E-state index in [0.29, 0.717) is 0 Å². The van der Waals surface area contributed by atoms with E-state index in [1.54, 1.807) is 0 Å². The van der Waals surface area contributed by atoms with Crippen LogP contribution in [0.25, 0.3) is 0 Å². The minimum absolute atomic E-state index is 0.135. The maximum atomic E-state index is 12.6. The highest BCUT2D eigenvalue weighted by Gasteiger charge is 2.41. The molecule has 13 nitrogen and oxygen atoms in total. The molecule has 0 saturated carbocycles. The van der Waals surface area contributed by atoms with Crippen molar-refractivity contribution < 1.29 is 29.3 Å². The number of nitrogens with zero attached hydrogens (tertiary/aromatic N) is 3. The molecule has 13 heteroatoms. The molecule has 1 aliphatic heterocycles. The van der Waals surface area contributed by atoms with Gasteiger partial charge in [-0.2, -0.15) is 0 Å². The first-order valence-corrected chi connectivity index (χ1v) is 8.15. The third-order valence-corrected chi connectivity index (χ3v) is 4.07. The zero-order valence-corrected chi connectivity index (χ0v) is 15.3. The molecule has 29 heavy (non-hydrogen) atoms. The third kappa shape index (κ3) is 4.82. The highest BCUT2D eigenvalue weighted by molar-refractivity contribution is 5.92. The van der Waals surface area contributed by atoms with Crippen LogP contribution < -0.4 is 5.32 Å². The number of allylic oxidation sites excluding steroid dienone is 3. The Bertz CT molecular complexity index is 938. The quantitative estimate of drug-likeness (QED) is 0.289. The first-order chi connectivity index (χ1) is 13.6. The van der Waals surface area contributed by atoms with Crippen LogP contribution in [0.4, 0.5) is 5.69 Å². The van der Waals surface area contributed by atoms with E-state index in [1.165, 1.54) is 32.0 Å². The van der Waals surface area contributed by atoms with E-state index in [4.69, 9.17) is 4.74 Å². The van der Waals surface area contributed by atoms with Crippen molar-refractivity contribution in [3.05, 3.63) is 82.8 Å². The zero-order valence-electron chi connectivity index (χ0n) is 15.3. The second-order valence-corrected chi connectivity index (χ2v) is 5.91. The normalized spacial score (nSPS) is 16.1. The third-order valence-electron chi connectivity index (χ3n) is 4.07. The van der Waals surface area contributed by atoms with Crippen LogP contribution in [0, 0.1) is 30.3 Å². The number of nitro benzene ring substituents is 1. The second-order valence-electron chi connectivity index (χ2n) is 5.91. The van der Waals surface area contributed by atoms with Gasteiger partial charge in [0.2, 0.25) is 0 Å². The molecule has 0 unspecified atom stereocenters. The van der Waals surface area contributed by atoms with Gasteiger partial charge in [-0.1, -0.05) is 12.1 Å². The number of rotatable bonds is 8. The maximum absolute atomic E-state index is 12.6. The van der Waals surface area contributed by atoms with Gasteiger partial charge in [0.25, 0.3) is 16.5 Å².